The monoisotopic (exact) mass is 280 g/mol. The average Bonchev–Trinajstić information content (AvgIpc) is 2.00. The largest absolute Gasteiger partial charge is 0.444 e. The van der Waals surface area contributed by atoms with Crippen molar-refractivity contribution >= 4 is 6.09 Å². The highest BCUT2D eigenvalue weighted by atomic mass is 19.4. The molecule has 4 nitrogen and oxygen atoms in total. The first-order valence-corrected chi connectivity index (χ1v) is 6.25. The maximum Gasteiger partial charge on any atom is 0.410 e. The van der Waals surface area contributed by atoms with E-state index in [1.54, 1.807) is 25.7 Å². The first kappa shape index (κ1) is 14.4. The lowest BCUT2D eigenvalue weighted by molar-refractivity contribution is -0.187. The van der Waals surface area contributed by atoms with Crippen molar-refractivity contribution in [2.45, 2.75) is 32.5 Å². The van der Waals surface area contributed by atoms with E-state index in [-0.39, 0.29) is 11.5 Å². The second-order valence-electron chi connectivity index (χ2n) is 6.60. The fraction of sp³-hybridized carbons (Fsp3) is 0.917. The van der Waals surface area contributed by atoms with Crippen LogP contribution >= 0.6 is 0 Å². The Morgan fingerprint density at radius 1 is 1.16 bits per heavy atom. The predicted molar refractivity (Wildman–Crippen MR) is 62.7 cm³/mol. The van der Waals surface area contributed by atoms with Gasteiger partial charge in [-0.1, -0.05) is 0 Å². The molecule has 1 spiro atoms. The van der Waals surface area contributed by atoms with Gasteiger partial charge in [0.05, 0.1) is 6.54 Å². The molecule has 19 heavy (non-hydrogen) atoms. The third-order valence-corrected chi connectivity index (χ3v) is 3.23. The number of hydrogen-bond acceptors (Lipinski definition) is 3. The summed E-state index contributed by atoms with van der Waals surface area (Å²) in [6, 6.07) is 0. The standard InChI is InChI=1S/C12H19F3N2O2/c1-10(2,3)19-9(18)17-6-11(7-17)4-16(5-11)8-12(13,14)15/h4-8H2,1-3H3. The summed E-state index contributed by atoms with van der Waals surface area (Å²) < 4.78 is 41.7. The van der Waals surface area contributed by atoms with E-state index in [1.807, 2.05) is 0 Å². The van der Waals surface area contributed by atoms with Crippen molar-refractivity contribution in [3.63, 3.8) is 0 Å². The van der Waals surface area contributed by atoms with E-state index in [2.05, 4.69) is 0 Å². The van der Waals surface area contributed by atoms with E-state index in [0.717, 1.165) is 0 Å². The Morgan fingerprint density at radius 3 is 2.11 bits per heavy atom. The molecular weight excluding hydrogens is 261 g/mol. The van der Waals surface area contributed by atoms with Crippen LogP contribution in [0.15, 0.2) is 0 Å². The Balaban J connectivity index is 1.72. The van der Waals surface area contributed by atoms with Crippen molar-refractivity contribution in [2.24, 2.45) is 5.41 Å². The molecule has 0 unspecified atom stereocenters. The second-order valence-corrected chi connectivity index (χ2v) is 6.60. The fourth-order valence-electron chi connectivity index (χ4n) is 2.69. The summed E-state index contributed by atoms with van der Waals surface area (Å²) in [5.41, 5.74) is -0.677. The summed E-state index contributed by atoms with van der Waals surface area (Å²) >= 11 is 0. The van der Waals surface area contributed by atoms with Gasteiger partial charge in [0, 0.05) is 31.6 Å². The molecule has 7 heteroatoms. The molecule has 110 valence electrons. The van der Waals surface area contributed by atoms with Gasteiger partial charge in [-0.3, -0.25) is 4.90 Å². The van der Waals surface area contributed by atoms with Gasteiger partial charge in [-0.15, -0.1) is 0 Å². The minimum absolute atomic E-state index is 0.137. The molecular formula is C12H19F3N2O2. The predicted octanol–water partition coefficient (Wildman–Crippen LogP) is 2.10. The SMILES string of the molecule is CC(C)(C)OC(=O)N1CC2(CN(CC(F)(F)F)C2)C1. The van der Waals surface area contributed by atoms with Gasteiger partial charge in [0.15, 0.2) is 0 Å². The number of likely N-dealkylation sites (tertiary alicyclic amines) is 2. The van der Waals surface area contributed by atoms with Crippen LogP contribution in [-0.2, 0) is 4.74 Å². The Kier molecular flexibility index (Phi) is 3.24. The normalized spacial score (nSPS) is 22.9. The van der Waals surface area contributed by atoms with Gasteiger partial charge in [-0.05, 0) is 20.8 Å². The molecule has 0 aliphatic carbocycles. The van der Waals surface area contributed by atoms with Gasteiger partial charge < -0.3 is 9.64 Å². The summed E-state index contributed by atoms with van der Waals surface area (Å²) in [7, 11) is 0. The molecule has 2 saturated heterocycles. The topological polar surface area (TPSA) is 32.8 Å². The first-order chi connectivity index (χ1) is 8.48. The van der Waals surface area contributed by atoms with Crippen LogP contribution in [0, 0.1) is 5.41 Å². The van der Waals surface area contributed by atoms with Crippen LogP contribution in [0.5, 0.6) is 0 Å². The molecule has 0 radical (unpaired) electrons. The zero-order valence-electron chi connectivity index (χ0n) is 11.4. The van der Waals surface area contributed by atoms with E-state index < -0.39 is 18.3 Å². The van der Waals surface area contributed by atoms with Crippen LogP contribution in [0.4, 0.5) is 18.0 Å². The van der Waals surface area contributed by atoms with E-state index in [0.29, 0.717) is 26.2 Å². The van der Waals surface area contributed by atoms with Gasteiger partial charge in [-0.25, -0.2) is 4.79 Å². The molecule has 0 bridgehead atoms. The Labute approximate surface area is 110 Å². The maximum absolute atomic E-state index is 12.2. The minimum Gasteiger partial charge on any atom is -0.444 e. The lowest BCUT2D eigenvalue weighted by Gasteiger charge is -2.59. The Bertz CT molecular complexity index is 362. The number of hydrogen-bond donors (Lipinski definition) is 0. The Morgan fingerprint density at radius 2 is 1.68 bits per heavy atom. The third-order valence-electron chi connectivity index (χ3n) is 3.23. The fourth-order valence-corrected chi connectivity index (χ4v) is 2.69. The summed E-state index contributed by atoms with van der Waals surface area (Å²) in [4.78, 5) is 14.6. The van der Waals surface area contributed by atoms with E-state index in [4.69, 9.17) is 4.74 Å². The molecule has 0 aromatic rings. The lowest BCUT2D eigenvalue weighted by atomic mass is 9.73. The molecule has 0 N–H and O–H groups in total. The highest BCUT2D eigenvalue weighted by molar-refractivity contribution is 5.69. The smallest absolute Gasteiger partial charge is 0.410 e. The number of alkyl halides is 3. The molecule has 2 heterocycles. The van der Waals surface area contributed by atoms with E-state index in [1.165, 1.54) is 4.90 Å². The number of carbonyl (C=O) groups excluding carboxylic acids is 1. The number of nitrogens with zero attached hydrogens (tertiary/aromatic N) is 2. The van der Waals surface area contributed by atoms with Crippen LogP contribution in [0.2, 0.25) is 0 Å². The quantitative estimate of drug-likeness (QED) is 0.737. The lowest BCUT2D eigenvalue weighted by Crippen LogP contribution is -2.73. The molecule has 0 aromatic carbocycles. The summed E-state index contributed by atoms with van der Waals surface area (Å²) in [6.45, 7) is 6.31. The van der Waals surface area contributed by atoms with Crippen molar-refractivity contribution in [3.05, 3.63) is 0 Å². The van der Waals surface area contributed by atoms with Gasteiger partial charge in [0.1, 0.15) is 5.60 Å². The molecule has 0 aromatic heterocycles. The number of rotatable bonds is 1. The van der Waals surface area contributed by atoms with Crippen molar-refractivity contribution in [1.29, 1.82) is 0 Å². The van der Waals surface area contributed by atoms with Gasteiger partial charge in [0.2, 0.25) is 0 Å². The number of ether oxygens (including phenoxy) is 1. The van der Waals surface area contributed by atoms with Crippen LogP contribution in [0.3, 0.4) is 0 Å². The molecule has 0 saturated carbocycles. The maximum atomic E-state index is 12.2. The number of amides is 1. The third kappa shape index (κ3) is 3.52. The second kappa shape index (κ2) is 4.26. The summed E-state index contributed by atoms with van der Waals surface area (Å²) in [6.07, 6.45) is -4.52. The highest BCUT2D eigenvalue weighted by Crippen LogP contribution is 2.41. The van der Waals surface area contributed by atoms with Crippen LogP contribution in [0.25, 0.3) is 0 Å². The van der Waals surface area contributed by atoms with Gasteiger partial charge in [0.25, 0.3) is 0 Å². The van der Waals surface area contributed by atoms with Crippen molar-refractivity contribution < 1.29 is 22.7 Å². The molecule has 0 atom stereocenters. The average molecular weight is 280 g/mol. The van der Waals surface area contributed by atoms with Crippen molar-refractivity contribution in [3.8, 4) is 0 Å². The highest BCUT2D eigenvalue weighted by Gasteiger charge is 2.55. The van der Waals surface area contributed by atoms with Gasteiger partial charge >= 0.3 is 12.3 Å². The van der Waals surface area contributed by atoms with E-state index in [9.17, 15) is 18.0 Å². The Hall–Kier alpha value is -0.980. The number of carbonyl (C=O) groups is 1. The number of halogens is 3. The molecule has 2 fully saturated rings. The summed E-state index contributed by atoms with van der Waals surface area (Å²) in [5, 5.41) is 0. The van der Waals surface area contributed by atoms with E-state index >= 15 is 0 Å². The zero-order chi connectivity index (χ0) is 14.5. The van der Waals surface area contributed by atoms with Crippen molar-refractivity contribution in [2.75, 3.05) is 32.7 Å². The zero-order valence-corrected chi connectivity index (χ0v) is 11.4. The van der Waals surface area contributed by atoms with Crippen LogP contribution in [-0.4, -0.2) is 60.4 Å². The first-order valence-electron chi connectivity index (χ1n) is 6.25. The molecule has 2 aliphatic rings. The van der Waals surface area contributed by atoms with Crippen LogP contribution in [0.1, 0.15) is 20.8 Å². The minimum atomic E-state index is -4.14. The molecule has 2 aliphatic heterocycles. The molecule has 2 rings (SSSR count). The van der Waals surface area contributed by atoms with Gasteiger partial charge in [-0.2, -0.15) is 13.2 Å². The summed E-state index contributed by atoms with van der Waals surface area (Å²) in [5.74, 6) is 0. The van der Waals surface area contributed by atoms with Crippen LogP contribution < -0.4 is 0 Å². The molecule has 1 amide bonds. The van der Waals surface area contributed by atoms with Crippen molar-refractivity contribution in [1.82, 2.24) is 9.80 Å².